The lowest BCUT2D eigenvalue weighted by atomic mass is 9.71. The molecule has 1 heterocycles. The third-order valence-corrected chi connectivity index (χ3v) is 3.83. The SMILES string of the molecule is Cc1ccc(C2(CC(C)C(=O)O)COC2)c(C)c1. The summed E-state index contributed by atoms with van der Waals surface area (Å²) in [7, 11) is 0. The average Bonchev–Trinajstić information content (AvgIpc) is 2.24. The predicted octanol–water partition coefficient (Wildman–Crippen LogP) is 2.68. The molecule has 0 bridgehead atoms. The van der Waals surface area contributed by atoms with Crippen LogP contribution in [-0.2, 0) is 14.9 Å². The summed E-state index contributed by atoms with van der Waals surface area (Å²) in [4.78, 5) is 11.0. The number of carboxylic acids is 1. The van der Waals surface area contributed by atoms with Crippen molar-refractivity contribution in [2.75, 3.05) is 13.2 Å². The van der Waals surface area contributed by atoms with E-state index in [2.05, 4.69) is 32.0 Å². The van der Waals surface area contributed by atoms with Crippen LogP contribution >= 0.6 is 0 Å². The zero-order chi connectivity index (χ0) is 13.3. The summed E-state index contributed by atoms with van der Waals surface area (Å²) in [6.07, 6.45) is 0.645. The van der Waals surface area contributed by atoms with Crippen LogP contribution in [-0.4, -0.2) is 24.3 Å². The van der Waals surface area contributed by atoms with Crippen molar-refractivity contribution in [3.05, 3.63) is 34.9 Å². The van der Waals surface area contributed by atoms with E-state index >= 15 is 0 Å². The number of ether oxygens (including phenoxy) is 1. The van der Waals surface area contributed by atoms with Crippen LogP contribution < -0.4 is 0 Å². The molecule has 0 saturated carbocycles. The van der Waals surface area contributed by atoms with Gasteiger partial charge in [-0.25, -0.2) is 0 Å². The van der Waals surface area contributed by atoms with Gasteiger partial charge in [0.05, 0.1) is 19.1 Å². The first-order valence-electron chi connectivity index (χ1n) is 6.33. The van der Waals surface area contributed by atoms with Gasteiger partial charge in [0.25, 0.3) is 0 Å². The minimum Gasteiger partial charge on any atom is -0.481 e. The molecule has 3 nitrogen and oxygen atoms in total. The molecule has 1 aliphatic heterocycles. The van der Waals surface area contributed by atoms with Gasteiger partial charge in [-0.15, -0.1) is 0 Å². The van der Waals surface area contributed by atoms with Crippen molar-refractivity contribution in [2.24, 2.45) is 5.92 Å². The van der Waals surface area contributed by atoms with E-state index in [1.165, 1.54) is 16.7 Å². The van der Waals surface area contributed by atoms with E-state index in [1.807, 2.05) is 0 Å². The van der Waals surface area contributed by atoms with Gasteiger partial charge in [-0.1, -0.05) is 30.7 Å². The lowest BCUT2D eigenvalue weighted by Gasteiger charge is -2.44. The molecule has 1 aliphatic rings. The first-order chi connectivity index (χ1) is 8.44. The van der Waals surface area contributed by atoms with E-state index in [4.69, 9.17) is 9.84 Å². The maximum atomic E-state index is 11.0. The Kier molecular flexibility index (Phi) is 3.44. The lowest BCUT2D eigenvalue weighted by Crippen LogP contribution is -2.49. The number of benzene rings is 1. The molecular weight excluding hydrogens is 228 g/mol. The number of hydrogen-bond acceptors (Lipinski definition) is 2. The summed E-state index contributed by atoms with van der Waals surface area (Å²) >= 11 is 0. The standard InChI is InChI=1S/C15H20O3/c1-10-4-5-13(11(2)6-10)15(8-18-9-15)7-12(3)14(16)17/h4-6,12H,7-9H2,1-3H3,(H,16,17). The summed E-state index contributed by atoms with van der Waals surface area (Å²) in [5, 5.41) is 9.08. The predicted molar refractivity (Wildman–Crippen MR) is 69.8 cm³/mol. The molecule has 0 amide bonds. The second-order valence-electron chi connectivity index (χ2n) is 5.53. The molecule has 98 valence electrons. The van der Waals surface area contributed by atoms with Gasteiger partial charge in [-0.05, 0) is 31.4 Å². The van der Waals surface area contributed by atoms with E-state index in [1.54, 1.807) is 6.92 Å². The number of aliphatic carboxylic acids is 1. The molecule has 1 aromatic rings. The highest BCUT2D eigenvalue weighted by Crippen LogP contribution is 2.40. The Morgan fingerprint density at radius 3 is 2.56 bits per heavy atom. The topological polar surface area (TPSA) is 46.5 Å². The largest absolute Gasteiger partial charge is 0.481 e. The number of carbonyl (C=O) groups is 1. The lowest BCUT2D eigenvalue weighted by molar-refractivity contribution is -0.144. The minimum absolute atomic E-state index is 0.102. The van der Waals surface area contributed by atoms with Gasteiger partial charge < -0.3 is 9.84 Å². The van der Waals surface area contributed by atoms with Crippen LogP contribution in [0.15, 0.2) is 18.2 Å². The van der Waals surface area contributed by atoms with Crippen molar-refractivity contribution in [3.63, 3.8) is 0 Å². The van der Waals surface area contributed by atoms with Crippen LogP contribution in [0.2, 0.25) is 0 Å². The normalized spacial score (nSPS) is 19.1. The fourth-order valence-corrected chi connectivity index (χ4v) is 2.81. The van der Waals surface area contributed by atoms with Crippen molar-refractivity contribution in [2.45, 2.75) is 32.6 Å². The van der Waals surface area contributed by atoms with Crippen LogP contribution in [0.25, 0.3) is 0 Å². The number of hydrogen-bond donors (Lipinski definition) is 1. The molecule has 0 radical (unpaired) electrons. The Morgan fingerprint density at radius 2 is 2.11 bits per heavy atom. The third-order valence-electron chi connectivity index (χ3n) is 3.83. The smallest absolute Gasteiger partial charge is 0.306 e. The van der Waals surface area contributed by atoms with Crippen molar-refractivity contribution >= 4 is 5.97 Å². The van der Waals surface area contributed by atoms with Crippen molar-refractivity contribution in [1.29, 1.82) is 0 Å². The highest BCUT2D eigenvalue weighted by molar-refractivity contribution is 5.69. The Labute approximate surface area is 108 Å². The van der Waals surface area contributed by atoms with E-state index in [-0.39, 0.29) is 11.3 Å². The van der Waals surface area contributed by atoms with Gasteiger partial charge in [0.1, 0.15) is 0 Å². The van der Waals surface area contributed by atoms with Crippen LogP contribution in [0, 0.1) is 19.8 Å². The molecule has 3 heteroatoms. The second-order valence-corrected chi connectivity index (χ2v) is 5.53. The fraction of sp³-hybridized carbons (Fsp3) is 0.533. The Hall–Kier alpha value is -1.35. The fourth-order valence-electron chi connectivity index (χ4n) is 2.81. The molecule has 1 atom stereocenters. The molecule has 1 saturated heterocycles. The third kappa shape index (κ3) is 2.27. The van der Waals surface area contributed by atoms with Gasteiger partial charge in [0.2, 0.25) is 0 Å². The Bertz CT molecular complexity index is 461. The van der Waals surface area contributed by atoms with Gasteiger partial charge >= 0.3 is 5.97 Å². The summed E-state index contributed by atoms with van der Waals surface area (Å²) < 4.78 is 5.37. The quantitative estimate of drug-likeness (QED) is 0.891. The summed E-state index contributed by atoms with van der Waals surface area (Å²) in [5.74, 6) is -1.07. The number of carboxylic acid groups (broad SMARTS) is 1. The van der Waals surface area contributed by atoms with Gasteiger partial charge in [0, 0.05) is 5.41 Å². The number of aryl methyl sites for hydroxylation is 2. The molecule has 2 rings (SSSR count). The van der Waals surface area contributed by atoms with E-state index < -0.39 is 5.97 Å². The Balaban J connectivity index is 2.29. The monoisotopic (exact) mass is 248 g/mol. The second kappa shape index (κ2) is 4.73. The van der Waals surface area contributed by atoms with Gasteiger partial charge in [0.15, 0.2) is 0 Å². The highest BCUT2D eigenvalue weighted by atomic mass is 16.5. The zero-order valence-corrected chi connectivity index (χ0v) is 11.2. The zero-order valence-electron chi connectivity index (χ0n) is 11.2. The molecular formula is C15H20O3. The van der Waals surface area contributed by atoms with E-state index in [9.17, 15) is 4.79 Å². The molecule has 0 spiro atoms. The molecule has 0 aromatic heterocycles. The van der Waals surface area contributed by atoms with E-state index in [0.29, 0.717) is 19.6 Å². The first-order valence-corrected chi connectivity index (χ1v) is 6.33. The van der Waals surface area contributed by atoms with Gasteiger partial charge in [-0.3, -0.25) is 4.79 Å². The molecule has 1 fully saturated rings. The maximum absolute atomic E-state index is 11.0. The van der Waals surface area contributed by atoms with Crippen LogP contribution in [0.3, 0.4) is 0 Å². The van der Waals surface area contributed by atoms with Crippen molar-refractivity contribution in [3.8, 4) is 0 Å². The Morgan fingerprint density at radius 1 is 1.44 bits per heavy atom. The summed E-state index contributed by atoms with van der Waals surface area (Å²) in [6.45, 7) is 7.20. The van der Waals surface area contributed by atoms with Crippen LogP contribution in [0.1, 0.15) is 30.0 Å². The molecule has 0 aliphatic carbocycles. The summed E-state index contributed by atoms with van der Waals surface area (Å²) in [5.41, 5.74) is 3.61. The van der Waals surface area contributed by atoms with Crippen LogP contribution in [0.4, 0.5) is 0 Å². The maximum Gasteiger partial charge on any atom is 0.306 e. The number of rotatable bonds is 4. The van der Waals surface area contributed by atoms with Gasteiger partial charge in [-0.2, -0.15) is 0 Å². The van der Waals surface area contributed by atoms with Crippen LogP contribution in [0.5, 0.6) is 0 Å². The van der Waals surface area contributed by atoms with E-state index in [0.717, 1.165) is 0 Å². The molecule has 18 heavy (non-hydrogen) atoms. The minimum atomic E-state index is -0.731. The molecule has 1 N–H and O–H groups in total. The summed E-state index contributed by atoms with van der Waals surface area (Å²) in [6, 6.07) is 6.37. The average molecular weight is 248 g/mol. The highest BCUT2D eigenvalue weighted by Gasteiger charge is 2.43. The molecule has 1 aromatic carbocycles. The van der Waals surface area contributed by atoms with Crippen molar-refractivity contribution < 1.29 is 14.6 Å². The van der Waals surface area contributed by atoms with Crippen molar-refractivity contribution in [1.82, 2.24) is 0 Å². The first kappa shape index (κ1) is 13.1. The molecule has 1 unspecified atom stereocenters.